The van der Waals surface area contributed by atoms with Crippen LogP contribution in [0.15, 0.2) is 17.4 Å². The van der Waals surface area contributed by atoms with Crippen molar-refractivity contribution in [3.63, 3.8) is 0 Å². The van der Waals surface area contributed by atoms with Gasteiger partial charge in [-0.1, -0.05) is 5.21 Å². The highest BCUT2D eigenvalue weighted by atomic mass is 16.5. The summed E-state index contributed by atoms with van der Waals surface area (Å²) < 4.78 is 1.67. The first kappa shape index (κ1) is 11.1. The Labute approximate surface area is 95.4 Å². The molecule has 1 radical (unpaired) electrons. The third-order valence-electron chi connectivity index (χ3n) is 3.55. The van der Waals surface area contributed by atoms with Crippen molar-refractivity contribution in [2.45, 2.75) is 38.8 Å². The van der Waals surface area contributed by atoms with Gasteiger partial charge in [-0.15, -0.1) is 0 Å². The number of aliphatic imine (C=N–C) groups is 1. The zero-order valence-electron chi connectivity index (χ0n) is 10.4. The molecule has 0 unspecified atom stereocenters. The van der Waals surface area contributed by atoms with Crippen LogP contribution in [0.2, 0.25) is 0 Å². The van der Waals surface area contributed by atoms with Crippen LogP contribution in [0, 0.1) is 0 Å². The summed E-state index contributed by atoms with van der Waals surface area (Å²) in [4.78, 5) is 4.51. The molecule has 0 fully saturated rings. The van der Waals surface area contributed by atoms with E-state index >= 15 is 0 Å². The largest absolute Gasteiger partial charge is 0.275 e. The Morgan fingerprint density at radius 3 is 2.25 bits per heavy atom. The van der Waals surface area contributed by atoms with Crippen LogP contribution >= 0.6 is 0 Å². The van der Waals surface area contributed by atoms with E-state index in [1.165, 1.54) is 0 Å². The van der Waals surface area contributed by atoms with E-state index in [4.69, 9.17) is 0 Å². The van der Waals surface area contributed by atoms with Gasteiger partial charge < -0.3 is 0 Å². The molecule has 1 aliphatic rings. The van der Waals surface area contributed by atoms with E-state index < -0.39 is 5.54 Å². The van der Waals surface area contributed by atoms with Crippen molar-refractivity contribution in [3.8, 4) is 0 Å². The zero-order valence-corrected chi connectivity index (χ0v) is 10.4. The molecular formula is C11H17N4O. The maximum absolute atomic E-state index is 12.2. The van der Waals surface area contributed by atoms with Crippen molar-refractivity contribution < 1.29 is 5.21 Å². The number of rotatable bonds is 1. The molecule has 1 aliphatic heterocycles. The molecule has 5 heteroatoms. The van der Waals surface area contributed by atoms with Gasteiger partial charge in [0.2, 0.25) is 0 Å². The minimum Gasteiger partial charge on any atom is -0.275 e. The number of hydrogen-bond acceptors (Lipinski definition) is 3. The fourth-order valence-corrected chi connectivity index (χ4v) is 1.68. The van der Waals surface area contributed by atoms with E-state index in [1.807, 2.05) is 34.7 Å². The molecule has 0 aromatic carbocycles. The van der Waals surface area contributed by atoms with Crippen molar-refractivity contribution >= 4 is 5.84 Å². The highest BCUT2D eigenvalue weighted by Crippen LogP contribution is 2.37. The molecular weight excluding hydrogens is 204 g/mol. The predicted molar refractivity (Wildman–Crippen MR) is 60.4 cm³/mol. The number of hydrogen-bond donors (Lipinski definition) is 0. The number of nitrogens with zero attached hydrogens (tertiary/aromatic N) is 4. The first-order valence-electron chi connectivity index (χ1n) is 5.32. The summed E-state index contributed by atoms with van der Waals surface area (Å²) in [6.07, 6.45) is 3.47. The molecule has 1 aromatic heterocycles. The van der Waals surface area contributed by atoms with Gasteiger partial charge in [0, 0.05) is 13.2 Å². The molecule has 0 amide bonds. The Balaban J connectivity index is 2.45. The average Bonchev–Trinajstić information content (AvgIpc) is 2.64. The predicted octanol–water partition coefficient (Wildman–Crippen LogP) is 1.39. The van der Waals surface area contributed by atoms with E-state index in [-0.39, 0.29) is 5.54 Å². The Bertz CT molecular complexity index is 445. The topological polar surface area (TPSA) is 53.3 Å². The smallest absolute Gasteiger partial charge is 0.162 e. The van der Waals surface area contributed by atoms with Gasteiger partial charge in [-0.3, -0.25) is 9.67 Å². The fraction of sp³-hybridized carbons (Fsp3) is 0.636. The third kappa shape index (κ3) is 1.35. The molecule has 2 heterocycles. The van der Waals surface area contributed by atoms with Crippen LogP contribution in [0.25, 0.3) is 0 Å². The maximum atomic E-state index is 12.2. The molecule has 16 heavy (non-hydrogen) atoms. The second kappa shape index (κ2) is 3.07. The van der Waals surface area contributed by atoms with E-state index in [0.717, 1.165) is 10.6 Å². The van der Waals surface area contributed by atoms with Crippen molar-refractivity contribution in [1.29, 1.82) is 0 Å². The van der Waals surface area contributed by atoms with Crippen molar-refractivity contribution in [2.75, 3.05) is 0 Å². The molecule has 0 spiro atoms. The fourth-order valence-electron chi connectivity index (χ4n) is 1.68. The summed E-state index contributed by atoms with van der Waals surface area (Å²) in [5.74, 6) is 0.475. The van der Waals surface area contributed by atoms with Gasteiger partial charge in [0.1, 0.15) is 0 Å². The van der Waals surface area contributed by atoms with E-state index in [0.29, 0.717) is 5.84 Å². The molecule has 0 N–H and O–H groups in total. The Kier molecular flexibility index (Phi) is 2.14. The van der Waals surface area contributed by atoms with Crippen LogP contribution in [-0.2, 0) is 12.3 Å². The Morgan fingerprint density at radius 2 is 1.88 bits per heavy atom. The van der Waals surface area contributed by atoms with Crippen LogP contribution in [0.4, 0.5) is 0 Å². The van der Waals surface area contributed by atoms with Crippen LogP contribution in [0.3, 0.4) is 0 Å². The van der Waals surface area contributed by atoms with E-state index in [9.17, 15) is 5.21 Å². The SMILES string of the molecule is Cn1cc(C2=NC(C)(C)C(C)(C)N2[O])cn1. The zero-order chi connectivity index (χ0) is 12.1. The monoisotopic (exact) mass is 221 g/mol. The molecule has 87 valence electrons. The third-order valence-corrected chi connectivity index (χ3v) is 3.55. The minimum atomic E-state index is -0.530. The molecule has 0 saturated heterocycles. The molecule has 0 saturated carbocycles. The van der Waals surface area contributed by atoms with E-state index in [2.05, 4.69) is 10.1 Å². The first-order chi connectivity index (χ1) is 7.25. The van der Waals surface area contributed by atoms with Gasteiger partial charge in [0.05, 0.1) is 22.8 Å². The van der Waals surface area contributed by atoms with Crippen molar-refractivity contribution in [2.24, 2.45) is 12.0 Å². The quantitative estimate of drug-likeness (QED) is 0.719. The van der Waals surface area contributed by atoms with Crippen LogP contribution in [0.5, 0.6) is 0 Å². The van der Waals surface area contributed by atoms with E-state index in [1.54, 1.807) is 17.1 Å². The van der Waals surface area contributed by atoms with Gasteiger partial charge in [-0.2, -0.15) is 10.2 Å². The lowest BCUT2D eigenvalue weighted by molar-refractivity contribution is -0.158. The summed E-state index contributed by atoms with van der Waals surface area (Å²) in [5, 5.41) is 17.3. The van der Waals surface area contributed by atoms with Gasteiger partial charge in [0.15, 0.2) is 5.84 Å². The van der Waals surface area contributed by atoms with Gasteiger partial charge in [0.25, 0.3) is 0 Å². The lowest BCUT2D eigenvalue weighted by atomic mass is 9.84. The molecule has 0 bridgehead atoms. The second-order valence-corrected chi connectivity index (χ2v) is 5.25. The van der Waals surface area contributed by atoms with Gasteiger partial charge in [-0.05, 0) is 27.7 Å². The normalized spacial score (nSPS) is 22.4. The Morgan fingerprint density at radius 1 is 1.25 bits per heavy atom. The first-order valence-corrected chi connectivity index (χ1v) is 5.32. The summed E-state index contributed by atoms with van der Waals surface area (Å²) in [7, 11) is 1.82. The molecule has 1 aromatic rings. The average molecular weight is 221 g/mol. The number of aromatic nitrogens is 2. The highest BCUT2D eigenvalue weighted by Gasteiger charge is 2.50. The van der Waals surface area contributed by atoms with Gasteiger partial charge >= 0.3 is 0 Å². The molecule has 2 rings (SSSR count). The van der Waals surface area contributed by atoms with Crippen molar-refractivity contribution in [3.05, 3.63) is 18.0 Å². The van der Waals surface area contributed by atoms with Crippen LogP contribution in [-0.4, -0.2) is 31.8 Å². The Hall–Kier alpha value is -1.36. The number of hydroxylamine groups is 2. The molecule has 0 aliphatic carbocycles. The summed E-state index contributed by atoms with van der Waals surface area (Å²) >= 11 is 0. The van der Waals surface area contributed by atoms with Crippen LogP contribution in [0.1, 0.15) is 33.3 Å². The number of amidine groups is 1. The maximum Gasteiger partial charge on any atom is 0.162 e. The van der Waals surface area contributed by atoms with Gasteiger partial charge in [-0.25, -0.2) is 0 Å². The lowest BCUT2D eigenvalue weighted by Gasteiger charge is -2.35. The lowest BCUT2D eigenvalue weighted by Crippen LogP contribution is -2.50. The van der Waals surface area contributed by atoms with Crippen molar-refractivity contribution in [1.82, 2.24) is 14.8 Å². The molecule has 0 atom stereocenters. The minimum absolute atomic E-state index is 0.389. The summed E-state index contributed by atoms with van der Waals surface area (Å²) in [5.41, 5.74) is -0.144. The van der Waals surface area contributed by atoms with Crippen LogP contribution < -0.4 is 0 Å². The standard InChI is InChI=1S/C11H17N4O/c1-10(2)11(3,4)15(16)9(13-10)8-6-12-14(5)7-8/h6-7H,1-5H3. The highest BCUT2D eigenvalue weighted by molar-refractivity contribution is 5.99. The summed E-state index contributed by atoms with van der Waals surface area (Å²) in [6.45, 7) is 7.77. The molecule has 5 nitrogen and oxygen atoms in total. The summed E-state index contributed by atoms with van der Waals surface area (Å²) in [6, 6.07) is 0. The second-order valence-electron chi connectivity index (χ2n) is 5.25. The number of aryl methyl sites for hydroxylation is 1.